The third-order valence-corrected chi connectivity index (χ3v) is 1.73. The van der Waals surface area contributed by atoms with Crippen molar-refractivity contribution in [1.82, 2.24) is 0 Å². The Morgan fingerprint density at radius 3 is 2.25 bits per heavy atom. The minimum absolute atomic E-state index is 0.241. The van der Waals surface area contributed by atoms with Gasteiger partial charge in [-0.05, 0) is 19.8 Å². The molecule has 0 saturated carbocycles. The average molecular weight is 229 g/mol. The number of hydrogen-bond acceptors (Lipinski definition) is 5. The summed E-state index contributed by atoms with van der Waals surface area (Å²) in [5, 5.41) is 0. The number of carbonyl (C=O) groups excluding carboxylic acids is 2. The van der Waals surface area contributed by atoms with Gasteiger partial charge in [0.15, 0.2) is 0 Å². The third-order valence-electron chi connectivity index (χ3n) is 1.73. The molecule has 0 rings (SSSR count). The molecule has 0 aliphatic rings. The Labute approximate surface area is 95.6 Å². The van der Waals surface area contributed by atoms with E-state index in [2.05, 4.69) is 6.58 Å². The molecular weight excluding hydrogens is 210 g/mol. The smallest absolute Gasteiger partial charge is 0.333 e. The minimum Gasteiger partial charge on any atom is -0.466 e. The molecule has 5 heteroatoms. The Hall–Kier alpha value is -1.36. The number of unbranched alkanes of at least 4 members (excludes halogenated alkanes) is 1. The molecule has 0 bridgehead atoms. The summed E-state index contributed by atoms with van der Waals surface area (Å²) in [6, 6.07) is 0. The molecule has 0 saturated heterocycles. The molecule has 0 fully saturated rings. The van der Waals surface area contributed by atoms with Gasteiger partial charge in [-0.3, -0.25) is 4.79 Å². The monoisotopic (exact) mass is 229 g/mol. The lowest BCUT2D eigenvalue weighted by Gasteiger charge is -2.05. The lowest BCUT2D eigenvalue weighted by atomic mass is 10.3. The second-order valence-corrected chi connectivity index (χ2v) is 3.38. The molecule has 0 heterocycles. The summed E-state index contributed by atoms with van der Waals surface area (Å²) >= 11 is 0. The SMILES string of the molecule is C=C(C)C(=O)OCCCCOC(=O)CCN. The van der Waals surface area contributed by atoms with Gasteiger partial charge in [-0.2, -0.15) is 0 Å². The summed E-state index contributed by atoms with van der Waals surface area (Å²) in [5.74, 6) is -0.679. The highest BCUT2D eigenvalue weighted by Gasteiger charge is 2.03. The van der Waals surface area contributed by atoms with Gasteiger partial charge in [0.25, 0.3) is 0 Å². The Bertz CT molecular complexity index is 250. The summed E-state index contributed by atoms with van der Waals surface area (Å²) in [5.41, 5.74) is 5.56. The average Bonchev–Trinajstić information content (AvgIpc) is 2.23. The minimum atomic E-state index is -0.389. The van der Waals surface area contributed by atoms with Crippen LogP contribution in [0.2, 0.25) is 0 Å². The molecule has 16 heavy (non-hydrogen) atoms. The molecule has 0 aromatic heterocycles. The second-order valence-electron chi connectivity index (χ2n) is 3.38. The Balaban J connectivity index is 3.31. The fraction of sp³-hybridized carbons (Fsp3) is 0.636. The van der Waals surface area contributed by atoms with Crippen molar-refractivity contribution in [2.75, 3.05) is 19.8 Å². The molecule has 2 N–H and O–H groups in total. The lowest BCUT2D eigenvalue weighted by molar-refractivity contribution is -0.144. The first-order valence-electron chi connectivity index (χ1n) is 5.26. The van der Waals surface area contributed by atoms with E-state index in [1.54, 1.807) is 6.92 Å². The van der Waals surface area contributed by atoms with E-state index in [-0.39, 0.29) is 18.4 Å². The van der Waals surface area contributed by atoms with E-state index in [4.69, 9.17) is 15.2 Å². The molecule has 0 spiro atoms. The number of rotatable bonds is 8. The van der Waals surface area contributed by atoms with E-state index in [1.165, 1.54) is 0 Å². The third kappa shape index (κ3) is 7.99. The van der Waals surface area contributed by atoms with Crippen molar-refractivity contribution in [1.29, 1.82) is 0 Å². The molecule has 0 amide bonds. The summed E-state index contributed by atoms with van der Waals surface area (Å²) in [4.78, 5) is 21.8. The maximum atomic E-state index is 10.9. The van der Waals surface area contributed by atoms with Crippen molar-refractivity contribution in [3.63, 3.8) is 0 Å². The fourth-order valence-corrected chi connectivity index (χ4v) is 0.868. The van der Waals surface area contributed by atoms with E-state index >= 15 is 0 Å². The van der Waals surface area contributed by atoms with Crippen LogP contribution in [0.25, 0.3) is 0 Å². The van der Waals surface area contributed by atoms with Crippen LogP contribution in [0.4, 0.5) is 0 Å². The standard InChI is InChI=1S/C11H19NO4/c1-9(2)11(14)16-8-4-3-7-15-10(13)5-6-12/h1,3-8,12H2,2H3. The number of hydrogen-bond donors (Lipinski definition) is 1. The van der Waals surface area contributed by atoms with Crippen molar-refractivity contribution in [3.8, 4) is 0 Å². The Morgan fingerprint density at radius 1 is 1.19 bits per heavy atom. The number of carbonyl (C=O) groups is 2. The molecule has 0 aromatic rings. The van der Waals surface area contributed by atoms with Gasteiger partial charge < -0.3 is 15.2 Å². The molecule has 0 radical (unpaired) electrons. The normalized spacial score (nSPS) is 9.62. The summed E-state index contributed by atoms with van der Waals surface area (Å²) in [6.07, 6.45) is 1.57. The van der Waals surface area contributed by atoms with Gasteiger partial charge in [0, 0.05) is 12.1 Å². The van der Waals surface area contributed by atoms with Crippen LogP contribution in [-0.2, 0) is 19.1 Å². The van der Waals surface area contributed by atoms with Gasteiger partial charge in [-0.1, -0.05) is 6.58 Å². The van der Waals surface area contributed by atoms with Crippen molar-refractivity contribution in [2.45, 2.75) is 26.2 Å². The maximum absolute atomic E-state index is 10.9. The summed E-state index contributed by atoms with van der Waals surface area (Å²) in [7, 11) is 0. The zero-order chi connectivity index (χ0) is 12.4. The lowest BCUT2D eigenvalue weighted by Crippen LogP contribution is -2.12. The van der Waals surface area contributed by atoms with Crippen LogP contribution in [0.3, 0.4) is 0 Å². The molecule has 0 aromatic carbocycles. The highest BCUT2D eigenvalue weighted by molar-refractivity contribution is 5.86. The predicted molar refractivity (Wildman–Crippen MR) is 59.6 cm³/mol. The molecule has 92 valence electrons. The van der Waals surface area contributed by atoms with Crippen LogP contribution in [0.1, 0.15) is 26.2 Å². The zero-order valence-corrected chi connectivity index (χ0v) is 9.66. The van der Waals surface area contributed by atoms with E-state index in [0.29, 0.717) is 38.2 Å². The highest BCUT2D eigenvalue weighted by atomic mass is 16.5. The first kappa shape index (κ1) is 14.6. The van der Waals surface area contributed by atoms with Gasteiger partial charge in [0.1, 0.15) is 0 Å². The van der Waals surface area contributed by atoms with Gasteiger partial charge in [0.2, 0.25) is 0 Å². The fourth-order valence-electron chi connectivity index (χ4n) is 0.868. The number of nitrogens with two attached hydrogens (primary N) is 1. The first-order chi connectivity index (χ1) is 7.57. The maximum Gasteiger partial charge on any atom is 0.333 e. The number of esters is 2. The summed E-state index contributed by atoms with van der Waals surface area (Å²) in [6.45, 7) is 6.01. The molecule has 5 nitrogen and oxygen atoms in total. The van der Waals surface area contributed by atoms with E-state index in [0.717, 1.165) is 0 Å². The molecule has 0 aliphatic heterocycles. The molecule has 0 atom stereocenters. The van der Waals surface area contributed by atoms with Crippen LogP contribution in [0, 0.1) is 0 Å². The van der Waals surface area contributed by atoms with E-state index < -0.39 is 0 Å². The van der Waals surface area contributed by atoms with Gasteiger partial charge in [-0.15, -0.1) is 0 Å². The second kappa shape index (κ2) is 8.91. The van der Waals surface area contributed by atoms with Crippen molar-refractivity contribution < 1.29 is 19.1 Å². The Kier molecular flexibility index (Phi) is 8.15. The van der Waals surface area contributed by atoms with Crippen LogP contribution in [0.5, 0.6) is 0 Å². The van der Waals surface area contributed by atoms with Crippen molar-refractivity contribution in [2.24, 2.45) is 5.73 Å². The number of ether oxygens (including phenoxy) is 2. The van der Waals surface area contributed by atoms with Gasteiger partial charge >= 0.3 is 11.9 Å². The van der Waals surface area contributed by atoms with Crippen molar-refractivity contribution >= 4 is 11.9 Å². The van der Waals surface area contributed by atoms with Crippen LogP contribution in [0.15, 0.2) is 12.2 Å². The van der Waals surface area contributed by atoms with Crippen LogP contribution >= 0.6 is 0 Å². The molecular formula is C11H19NO4. The van der Waals surface area contributed by atoms with E-state index in [1.807, 2.05) is 0 Å². The van der Waals surface area contributed by atoms with Crippen molar-refractivity contribution in [3.05, 3.63) is 12.2 Å². The summed E-state index contributed by atoms with van der Waals surface area (Å²) < 4.78 is 9.72. The van der Waals surface area contributed by atoms with E-state index in [9.17, 15) is 9.59 Å². The quantitative estimate of drug-likeness (QED) is 0.378. The zero-order valence-electron chi connectivity index (χ0n) is 9.66. The van der Waals surface area contributed by atoms with Gasteiger partial charge in [-0.25, -0.2) is 4.79 Å². The molecule has 0 unspecified atom stereocenters. The first-order valence-corrected chi connectivity index (χ1v) is 5.26. The largest absolute Gasteiger partial charge is 0.466 e. The van der Waals surface area contributed by atoms with Crippen LogP contribution in [-0.4, -0.2) is 31.7 Å². The predicted octanol–water partition coefficient (Wildman–Crippen LogP) is 0.778. The highest BCUT2D eigenvalue weighted by Crippen LogP contribution is 1.97. The molecule has 0 aliphatic carbocycles. The van der Waals surface area contributed by atoms with Gasteiger partial charge in [0.05, 0.1) is 19.6 Å². The Morgan fingerprint density at radius 2 is 1.75 bits per heavy atom. The van der Waals surface area contributed by atoms with Crippen LogP contribution < -0.4 is 5.73 Å². The topological polar surface area (TPSA) is 78.6 Å².